The van der Waals surface area contributed by atoms with Crippen LogP contribution in [-0.2, 0) is 9.47 Å². The van der Waals surface area contributed by atoms with Crippen LogP contribution in [0.2, 0.25) is 0 Å². The van der Waals surface area contributed by atoms with Crippen LogP contribution in [-0.4, -0.2) is 35.6 Å². The van der Waals surface area contributed by atoms with Crippen molar-refractivity contribution in [3.63, 3.8) is 0 Å². The van der Waals surface area contributed by atoms with Crippen LogP contribution < -0.4 is 0 Å². The Morgan fingerprint density at radius 3 is 2.08 bits per heavy atom. The number of rotatable bonds is 0. The third-order valence-electron chi connectivity index (χ3n) is 3.70. The molecule has 3 heteroatoms. The van der Waals surface area contributed by atoms with Crippen molar-refractivity contribution in [2.75, 3.05) is 0 Å². The highest BCUT2D eigenvalue weighted by Gasteiger charge is 2.63. The van der Waals surface area contributed by atoms with Gasteiger partial charge >= 0.3 is 0 Å². The summed E-state index contributed by atoms with van der Waals surface area (Å²) in [6.45, 7) is 4.26. The first-order valence-corrected chi connectivity index (χ1v) is 4.69. The van der Waals surface area contributed by atoms with Crippen molar-refractivity contribution >= 4 is 0 Å². The van der Waals surface area contributed by atoms with Crippen LogP contribution in [0.4, 0.5) is 0 Å². The molecule has 0 spiro atoms. The number of hydrogen-bond donors (Lipinski definition) is 1. The summed E-state index contributed by atoms with van der Waals surface area (Å²) in [5, 5.41) is 9.74. The zero-order chi connectivity index (χ0) is 8.46. The third-order valence-corrected chi connectivity index (χ3v) is 3.70. The molecule has 4 unspecified atom stereocenters. The fraction of sp³-hybridized carbons (Fsp3) is 1.00. The van der Waals surface area contributed by atoms with Crippen molar-refractivity contribution in [2.24, 2.45) is 11.8 Å². The molecule has 4 heterocycles. The molecule has 0 aliphatic carbocycles. The van der Waals surface area contributed by atoms with E-state index in [1.165, 1.54) is 0 Å². The van der Waals surface area contributed by atoms with Gasteiger partial charge in [-0.05, 0) is 0 Å². The van der Waals surface area contributed by atoms with E-state index in [2.05, 4.69) is 13.8 Å². The molecule has 4 saturated heterocycles. The zero-order valence-electron chi connectivity index (χ0n) is 7.31. The molecule has 68 valence electrons. The lowest BCUT2D eigenvalue weighted by molar-refractivity contribution is -0.149. The van der Waals surface area contributed by atoms with Crippen molar-refractivity contribution in [1.82, 2.24) is 0 Å². The normalized spacial score (nSPS) is 67.8. The molecule has 4 bridgehead atoms. The molecule has 0 saturated carbocycles. The fourth-order valence-corrected chi connectivity index (χ4v) is 3.02. The summed E-state index contributed by atoms with van der Waals surface area (Å²) in [7, 11) is 0. The lowest BCUT2D eigenvalue weighted by atomic mass is 9.87. The Balaban J connectivity index is 2.01. The average molecular weight is 170 g/mol. The first-order chi connectivity index (χ1) is 5.70. The van der Waals surface area contributed by atoms with Gasteiger partial charge in [-0.15, -0.1) is 0 Å². The second-order valence-corrected chi connectivity index (χ2v) is 4.34. The van der Waals surface area contributed by atoms with Crippen LogP contribution >= 0.6 is 0 Å². The summed E-state index contributed by atoms with van der Waals surface area (Å²) in [6, 6.07) is 0. The Morgan fingerprint density at radius 2 is 1.42 bits per heavy atom. The first kappa shape index (κ1) is 7.30. The van der Waals surface area contributed by atoms with Gasteiger partial charge in [0, 0.05) is 11.8 Å². The molecule has 4 aliphatic rings. The van der Waals surface area contributed by atoms with Gasteiger partial charge in [0.25, 0.3) is 0 Å². The summed E-state index contributed by atoms with van der Waals surface area (Å²) in [5.41, 5.74) is 0. The Kier molecular flexibility index (Phi) is 1.23. The van der Waals surface area contributed by atoms with Gasteiger partial charge < -0.3 is 14.6 Å². The molecule has 0 aromatic heterocycles. The summed E-state index contributed by atoms with van der Waals surface area (Å²) in [6.07, 6.45) is 0.0979. The minimum absolute atomic E-state index is 0.0359. The molecule has 7 atom stereocenters. The monoisotopic (exact) mass is 170 g/mol. The number of aliphatic hydroxyl groups is 1. The maximum Gasteiger partial charge on any atom is 0.113 e. The second-order valence-electron chi connectivity index (χ2n) is 4.34. The van der Waals surface area contributed by atoms with Gasteiger partial charge in [-0.2, -0.15) is 0 Å². The minimum atomic E-state index is -0.383. The molecule has 1 N–H and O–H groups in total. The van der Waals surface area contributed by atoms with E-state index in [4.69, 9.17) is 9.47 Å². The fourth-order valence-electron chi connectivity index (χ4n) is 3.02. The van der Waals surface area contributed by atoms with Crippen LogP contribution in [0.3, 0.4) is 0 Å². The Bertz CT molecular complexity index is 188. The predicted molar refractivity (Wildman–Crippen MR) is 41.7 cm³/mol. The molecular weight excluding hydrogens is 156 g/mol. The number of hydrogen-bond acceptors (Lipinski definition) is 3. The van der Waals surface area contributed by atoms with Gasteiger partial charge in [-0.3, -0.25) is 0 Å². The SMILES string of the molecule is CC1C2OC3C(C)[C@H]1O[C@@H]3[C@H]2O. The molecular formula is C9H14O3. The first-order valence-electron chi connectivity index (χ1n) is 4.69. The van der Waals surface area contributed by atoms with Gasteiger partial charge in [-0.25, -0.2) is 0 Å². The second kappa shape index (κ2) is 2.03. The van der Waals surface area contributed by atoms with Crippen LogP contribution in [0.1, 0.15) is 13.8 Å². The van der Waals surface area contributed by atoms with Crippen LogP contribution in [0.25, 0.3) is 0 Å². The van der Waals surface area contributed by atoms with Crippen molar-refractivity contribution in [2.45, 2.75) is 44.4 Å². The molecule has 12 heavy (non-hydrogen) atoms. The van der Waals surface area contributed by atoms with Gasteiger partial charge in [0.2, 0.25) is 0 Å². The highest BCUT2D eigenvalue weighted by atomic mass is 16.6. The maximum atomic E-state index is 9.74. The molecule has 4 aliphatic heterocycles. The summed E-state index contributed by atoms with van der Waals surface area (Å²) < 4.78 is 11.4. The van der Waals surface area contributed by atoms with Gasteiger partial charge in [0.15, 0.2) is 0 Å². The van der Waals surface area contributed by atoms with Crippen molar-refractivity contribution < 1.29 is 14.6 Å². The molecule has 0 aromatic carbocycles. The summed E-state index contributed by atoms with van der Waals surface area (Å²) >= 11 is 0. The molecule has 0 radical (unpaired) electrons. The Morgan fingerprint density at radius 1 is 0.833 bits per heavy atom. The minimum Gasteiger partial charge on any atom is -0.388 e. The van der Waals surface area contributed by atoms with Crippen LogP contribution in [0, 0.1) is 11.8 Å². The smallest absolute Gasteiger partial charge is 0.113 e. The van der Waals surface area contributed by atoms with E-state index in [9.17, 15) is 5.11 Å². The molecule has 4 rings (SSSR count). The van der Waals surface area contributed by atoms with Crippen LogP contribution in [0.5, 0.6) is 0 Å². The summed E-state index contributed by atoms with van der Waals surface area (Å²) in [5.74, 6) is 0.809. The van der Waals surface area contributed by atoms with E-state index < -0.39 is 0 Å². The highest BCUT2D eigenvalue weighted by molar-refractivity contribution is 5.09. The van der Waals surface area contributed by atoms with E-state index in [0.717, 1.165) is 0 Å². The maximum absolute atomic E-state index is 9.74. The summed E-state index contributed by atoms with van der Waals surface area (Å²) in [4.78, 5) is 0. The zero-order valence-corrected chi connectivity index (χ0v) is 7.31. The lowest BCUT2D eigenvalue weighted by Gasteiger charge is -2.37. The molecule has 0 amide bonds. The molecule has 3 nitrogen and oxygen atoms in total. The van der Waals surface area contributed by atoms with Gasteiger partial charge in [0.1, 0.15) is 12.2 Å². The van der Waals surface area contributed by atoms with Crippen molar-refractivity contribution in [3.05, 3.63) is 0 Å². The van der Waals surface area contributed by atoms with E-state index >= 15 is 0 Å². The number of aliphatic hydroxyl groups excluding tert-OH is 1. The number of ether oxygens (including phenoxy) is 2. The predicted octanol–water partition coefficient (Wildman–Crippen LogP) is 0.168. The topological polar surface area (TPSA) is 38.7 Å². The largest absolute Gasteiger partial charge is 0.388 e. The van der Waals surface area contributed by atoms with Crippen molar-refractivity contribution in [1.29, 1.82) is 0 Å². The van der Waals surface area contributed by atoms with E-state index in [0.29, 0.717) is 17.9 Å². The average Bonchev–Trinajstić information content (AvgIpc) is 2.43. The van der Waals surface area contributed by atoms with Gasteiger partial charge in [0.05, 0.1) is 18.3 Å². The van der Waals surface area contributed by atoms with E-state index in [1.54, 1.807) is 0 Å². The molecule has 0 aromatic rings. The standard InChI is InChI=1S/C9H14O3/c1-3-6-4(2)8-9(11-6)5(10)7(3)12-8/h3-10H,1-2H3/t3?,4?,5-,6-,7?,8?,9+/m0/s1. The van der Waals surface area contributed by atoms with Crippen molar-refractivity contribution in [3.8, 4) is 0 Å². The quantitative estimate of drug-likeness (QED) is 0.563. The highest BCUT2D eigenvalue weighted by Crippen LogP contribution is 2.49. The Hall–Kier alpha value is -0.120. The third kappa shape index (κ3) is 0.605. The Labute approximate surface area is 71.7 Å². The van der Waals surface area contributed by atoms with E-state index in [-0.39, 0.29) is 24.4 Å². The van der Waals surface area contributed by atoms with E-state index in [1.807, 2.05) is 0 Å². The van der Waals surface area contributed by atoms with Crippen LogP contribution in [0.15, 0.2) is 0 Å². The lowest BCUT2D eigenvalue weighted by Crippen LogP contribution is -2.47. The molecule has 4 fully saturated rings. The van der Waals surface area contributed by atoms with Gasteiger partial charge in [-0.1, -0.05) is 13.8 Å².